The Kier molecular flexibility index (Phi) is 7.83. The molecule has 3 heterocycles. The number of hydrogen-bond acceptors (Lipinski definition) is 5. The molecule has 2 aliphatic rings. The Morgan fingerprint density at radius 1 is 0.919 bits per heavy atom. The molecule has 2 fully saturated rings. The number of carbonyl (C=O) groups is 2. The fourth-order valence-electron chi connectivity index (χ4n) is 4.88. The van der Waals surface area contributed by atoms with Gasteiger partial charge in [-0.15, -0.1) is 11.3 Å². The maximum Gasteiger partial charge on any atom is 0.273 e. The summed E-state index contributed by atoms with van der Waals surface area (Å²) in [6, 6.07) is 10.8. The van der Waals surface area contributed by atoms with Crippen LogP contribution in [0.3, 0.4) is 0 Å². The molecule has 37 heavy (non-hydrogen) atoms. The minimum atomic E-state index is -0.612. The monoisotopic (exact) mass is 544 g/mol. The Bertz CT molecular complexity index is 1250. The van der Waals surface area contributed by atoms with E-state index in [-0.39, 0.29) is 28.2 Å². The minimum Gasteiger partial charge on any atom is -0.338 e. The van der Waals surface area contributed by atoms with E-state index in [1.165, 1.54) is 41.7 Å². The molecule has 2 saturated heterocycles. The number of rotatable bonds is 5. The van der Waals surface area contributed by atoms with Crippen molar-refractivity contribution in [2.75, 3.05) is 39.3 Å². The highest BCUT2D eigenvalue weighted by atomic mass is 35.5. The Hall–Kier alpha value is -2.88. The van der Waals surface area contributed by atoms with Crippen LogP contribution < -0.4 is 0 Å². The van der Waals surface area contributed by atoms with Gasteiger partial charge in [-0.05, 0) is 42.7 Å². The van der Waals surface area contributed by atoms with Crippen molar-refractivity contribution in [3.05, 3.63) is 86.3 Å². The van der Waals surface area contributed by atoms with E-state index in [1.807, 2.05) is 10.3 Å². The van der Waals surface area contributed by atoms with Crippen LogP contribution in [0, 0.1) is 11.6 Å². The molecule has 6 nitrogen and oxygen atoms in total. The molecule has 2 amide bonds. The average Bonchev–Trinajstić information content (AvgIpc) is 3.40. The lowest BCUT2D eigenvalue weighted by Crippen LogP contribution is -2.48. The van der Waals surface area contributed by atoms with Crippen LogP contribution in [0.2, 0.25) is 5.02 Å². The lowest BCUT2D eigenvalue weighted by molar-refractivity contribution is 0.0623. The number of amides is 2. The van der Waals surface area contributed by atoms with Gasteiger partial charge in [0.15, 0.2) is 0 Å². The third-order valence-electron chi connectivity index (χ3n) is 7.03. The SMILES string of the molecule is O=C(c1csc(C2CCN(C(=O)c3c(F)cccc3Cl)CC2)n1)N1CCN(Cc2ccc(F)cc2)CC1. The molecule has 0 N–H and O–H groups in total. The first-order valence-corrected chi connectivity index (χ1v) is 13.6. The molecule has 10 heteroatoms. The highest BCUT2D eigenvalue weighted by molar-refractivity contribution is 7.09. The third-order valence-corrected chi connectivity index (χ3v) is 8.35. The first kappa shape index (κ1) is 25.8. The quantitative estimate of drug-likeness (QED) is 0.451. The van der Waals surface area contributed by atoms with Crippen molar-refractivity contribution in [2.45, 2.75) is 25.3 Å². The van der Waals surface area contributed by atoms with E-state index >= 15 is 0 Å². The number of piperazine rings is 1. The van der Waals surface area contributed by atoms with Gasteiger partial charge < -0.3 is 9.80 Å². The van der Waals surface area contributed by atoms with Gasteiger partial charge in [0, 0.05) is 57.1 Å². The second kappa shape index (κ2) is 11.2. The number of piperidine rings is 1. The van der Waals surface area contributed by atoms with E-state index in [9.17, 15) is 18.4 Å². The first-order chi connectivity index (χ1) is 17.9. The standard InChI is InChI=1S/C27H27ClF2N4O2S/c28-21-2-1-3-22(30)24(21)27(36)33-10-8-19(9-11-33)25-31-23(17-37-25)26(35)34-14-12-32(13-15-34)16-18-4-6-20(29)7-5-18/h1-7,17,19H,8-16H2. The van der Waals surface area contributed by atoms with Gasteiger partial charge in [-0.2, -0.15) is 0 Å². The predicted molar refractivity (Wildman–Crippen MR) is 139 cm³/mol. The van der Waals surface area contributed by atoms with E-state index in [0.29, 0.717) is 44.7 Å². The molecule has 0 atom stereocenters. The summed E-state index contributed by atoms with van der Waals surface area (Å²) < 4.78 is 27.3. The summed E-state index contributed by atoms with van der Waals surface area (Å²) in [5.41, 5.74) is 1.43. The van der Waals surface area contributed by atoms with Crippen molar-refractivity contribution >= 4 is 34.8 Å². The Labute approximate surface area is 223 Å². The lowest BCUT2D eigenvalue weighted by Gasteiger charge is -2.34. The zero-order valence-corrected chi connectivity index (χ0v) is 21.8. The summed E-state index contributed by atoms with van der Waals surface area (Å²) in [7, 11) is 0. The molecule has 2 aromatic carbocycles. The lowest BCUT2D eigenvalue weighted by atomic mass is 9.97. The van der Waals surface area contributed by atoms with Crippen LogP contribution in [-0.2, 0) is 6.54 Å². The molecule has 5 rings (SSSR count). The predicted octanol–water partition coefficient (Wildman–Crippen LogP) is 5.05. The van der Waals surface area contributed by atoms with Gasteiger partial charge in [-0.1, -0.05) is 29.8 Å². The first-order valence-electron chi connectivity index (χ1n) is 12.3. The van der Waals surface area contributed by atoms with Crippen LogP contribution in [0.1, 0.15) is 50.2 Å². The number of nitrogens with zero attached hydrogens (tertiary/aromatic N) is 4. The molecular formula is C27H27ClF2N4O2S. The van der Waals surface area contributed by atoms with Gasteiger partial charge in [0.05, 0.1) is 15.6 Å². The molecule has 0 saturated carbocycles. The molecule has 2 aliphatic heterocycles. The smallest absolute Gasteiger partial charge is 0.273 e. The molecule has 0 radical (unpaired) electrons. The van der Waals surface area contributed by atoms with Gasteiger partial charge in [0.2, 0.25) is 0 Å². The van der Waals surface area contributed by atoms with Crippen LogP contribution in [0.25, 0.3) is 0 Å². The number of aromatic nitrogens is 1. The topological polar surface area (TPSA) is 56.8 Å². The Balaban J connectivity index is 1.13. The maximum atomic E-state index is 14.2. The molecular weight excluding hydrogens is 518 g/mol. The molecule has 0 aliphatic carbocycles. The van der Waals surface area contributed by atoms with Gasteiger partial charge in [0.25, 0.3) is 11.8 Å². The molecule has 0 unspecified atom stereocenters. The summed E-state index contributed by atoms with van der Waals surface area (Å²) in [6.45, 7) is 4.42. The third kappa shape index (κ3) is 5.84. The molecule has 194 valence electrons. The summed E-state index contributed by atoms with van der Waals surface area (Å²) in [5.74, 6) is -1.16. The van der Waals surface area contributed by atoms with E-state index in [1.54, 1.807) is 17.0 Å². The van der Waals surface area contributed by atoms with Gasteiger partial charge in [0.1, 0.15) is 17.3 Å². The van der Waals surface area contributed by atoms with Crippen molar-refractivity contribution in [3.63, 3.8) is 0 Å². The second-order valence-corrected chi connectivity index (χ2v) is 10.7. The minimum absolute atomic E-state index is 0.0641. The summed E-state index contributed by atoms with van der Waals surface area (Å²) in [4.78, 5) is 36.3. The fraction of sp³-hybridized carbons (Fsp3) is 0.370. The fourth-order valence-corrected chi connectivity index (χ4v) is 6.09. The Morgan fingerprint density at radius 2 is 1.59 bits per heavy atom. The molecule has 0 bridgehead atoms. The molecule has 1 aromatic heterocycles. The van der Waals surface area contributed by atoms with Crippen molar-refractivity contribution in [1.82, 2.24) is 19.7 Å². The van der Waals surface area contributed by atoms with Gasteiger partial charge >= 0.3 is 0 Å². The second-order valence-electron chi connectivity index (χ2n) is 9.43. The van der Waals surface area contributed by atoms with Crippen molar-refractivity contribution in [2.24, 2.45) is 0 Å². The van der Waals surface area contributed by atoms with Crippen molar-refractivity contribution in [1.29, 1.82) is 0 Å². The number of carbonyl (C=O) groups excluding carboxylic acids is 2. The highest BCUT2D eigenvalue weighted by Gasteiger charge is 2.30. The van der Waals surface area contributed by atoms with Gasteiger partial charge in [-0.3, -0.25) is 14.5 Å². The van der Waals surface area contributed by atoms with E-state index < -0.39 is 11.7 Å². The van der Waals surface area contributed by atoms with E-state index in [4.69, 9.17) is 11.6 Å². The number of thiazole rings is 1. The van der Waals surface area contributed by atoms with Crippen LogP contribution in [0.5, 0.6) is 0 Å². The largest absolute Gasteiger partial charge is 0.338 e. The highest BCUT2D eigenvalue weighted by Crippen LogP contribution is 2.32. The Morgan fingerprint density at radius 3 is 2.27 bits per heavy atom. The molecule has 3 aromatic rings. The summed E-state index contributed by atoms with van der Waals surface area (Å²) >= 11 is 7.55. The average molecular weight is 545 g/mol. The van der Waals surface area contributed by atoms with E-state index in [2.05, 4.69) is 9.88 Å². The van der Waals surface area contributed by atoms with Gasteiger partial charge in [-0.25, -0.2) is 13.8 Å². The van der Waals surface area contributed by atoms with Crippen LogP contribution in [-0.4, -0.2) is 70.8 Å². The number of likely N-dealkylation sites (tertiary alicyclic amines) is 1. The van der Waals surface area contributed by atoms with Crippen molar-refractivity contribution < 1.29 is 18.4 Å². The normalized spacial score (nSPS) is 17.3. The zero-order valence-electron chi connectivity index (χ0n) is 20.2. The number of hydrogen-bond donors (Lipinski definition) is 0. The number of benzene rings is 2. The zero-order chi connectivity index (χ0) is 25.9. The van der Waals surface area contributed by atoms with Crippen LogP contribution in [0.15, 0.2) is 47.8 Å². The van der Waals surface area contributed by atoms with Crippen LogP contribution >= 0.6 is 22.9 Å². The summed E-state index contributed by atoms with van der Waals surface area (Å²) in [6.07, 6.45) is 1.39. The summed E-state index contributed by atoms with van der Waals surface area (Å²) in [5, 5.41) is 2.83. The maximum absolute atomic E-state index is 14.2. The molecule has 0 spiro atoms. The van der Waals surface area contributed by atoms with E-state index in [0.717, 1.165) is 30.2 Å². The van der Waals surface area contributed by atoms with Crippen molar-refractivity contribution in [3.8, 4) is 0 Å². The number of halogens is 3. The van der Waals surface area contributed by atoms with Crippen LogP contribution in [0.4, 0.5) is 8.78 Å².